The maximum Gasteiger partial charge on any atom is 0.293 e. The van der Waals surface area contributed by atoms with Gasteiger partial charge in [0.2, 0.25) is 5.82 Å². The molecule has 5 heteroatoms. The molecule has 5 nitrogen and oxygen atoms in total. The number of hydrogen-bond donors (Lipinski definition) is 1. The number of nitrogens with zero attached hydrogens (tertiary/aromatic N) is 3. The van der Waals surface area contributed by atoms with Gasteiger partial charge in [0.15, 0.2) is 0 Å². The fraction of sp³-hybridized carbons (Fsp3) is 0.786. The zero-order valence-electron chi connectivity index (χ0n) is 12.1. The van der Waals surface area contributed by atoms with Gasteiger partial charge < -0.3 is 4.90 Å². The van der Waals surface area contributed by atoms with Crippen LogP contribution in [0.4, 0.5) is 0 Å². The molecule has 19 heavy (non-hydrogen) atoms. The van der Waals surface area contributed by atoms with E-state index in [4.69, 9.17) is 0 Å². The molecule has 0 atom stereocenters. The Morgan fingerprint density at radius 2 is 2.16 bits per heavy atom. The van der Waals surface area contributed by atoms with Crippen LogP contribution in [-0.4, -0.2) is 38.6 Å². The number of carbonyl (C=O) groups is 1. The third kappa shape index (κ3) is 3.55. The van der Waals surface area contributed by atoms with Gasteiger partial charge in [-0.3, -0.25) is 9.89 Å². The van der Waals surface area contributed by atoms with Gasteiger partial charge in [0.1, 0.15) is 5.82 Å². The molecule has 1 saturated carbocycles. The molecular weight excluding hydrogens is 240 g/mol. The molecule has 2 rings (SSSR count). The molecule has 1 aliphatic rings. The first-order chi connectivity index (χ1) is 9.13. The number of unbranched alkanes of at least 4 members (excludes halogenated alkanes) is 2. The number of nitrogens with one attached hydrogen (secondary N) is 1. The van der Waals surface area contributed by atoms with E-state index in [1.807, 2.05) is 18.7 Å². The molecule has 0 unspecified atom stereocenters. The number of rotatable bonds is 7. The van der Waals surface area contributed by atoms with Crippen molar-refractivity contribution in [3.8, 4) is 0 Å². The summed E-state index contributed by atoms with van der Waals surface area (Å²) in [4.78, 5) is 18.6. The lowest BCUT2D eigenvalue weighted by molar-refractivity contribution is 0.0690. The van der Waals surface area contributed by atoms with Crippen LogP contribution in [0.1, 0.15) is 75.2 Å². The molecule has 0 spiro atoms. The molecule has 0 saturated heterocycles. The van der Waals surface area contributed by atoms with Crippen LogP contribution in [0.2, 0.25) is 0 Å². The van der Waals surface area contributed by atoms with E-state index in [2.05, 4.69) is 22.1 Å². The van der Waals surface area contributed by atoms with Crippen LogP contribution in [0.15, 0.2) is 0 Å². The van der Waals surface area contributed by atoms with Crippen molar-refractivity contribution in [3.05, 3.63) is 11.6 Å². The molecule has 1 amide bonds. The molecule has 0 bridgehead atoms. The Labute approximate surface area is 114 Å². The summed E-state index contributed by atoms with van der Waals surface area (Å²) < 4.78 is 0. The van der Waals surface area contributed by atoms with Gasteiger partial charge in [-0.05, 0) is 33.1 Å². The quantitative estimate of drug-likeness (QED) is 0.770. The highest BCUT2D eigenvalue weighted by atomic mass is 16.2. The second kappa shape index (κ2) is 6.17. The Hall–Kier alpha value is -1.39. The Kier molecular flexibility index (Phi) is 4.56. The summed E-state index contributed by atoms with van der Waals surface area (Å²) in [6.07, 6.45) is 5.67. The van der Waals surface area contributed by atoms with Crippen LogP contribution in [0.5, 0.6) is 0 Å². The van der Waals surface area contributed by atoms with Crippen molar-refractivity contribution in [2.24, 2.45) is 0 Å². The van der Waals surface area contributed by atoms with Crippen LogP contribution in [0, 0.1) is 0 Å². The molecular formula is C14H24N4O. The number of aromatic nitrogens is 3. The largest absolute Gasteiger partial charge is 0.333 e. The van der Waals surface area contributed by atoms with Gasteiger partial charge >= 0.3 is 0 Å². The predicted molar refractivity (Wildman–Crippen MR) is 74.1 cm³/mol. The number of aromatic amines is 1. The van der Waals surface area contributed by atoms with Crippen molar-refractivity contribution in [3.63, 3.8) is 0 Å². The van der Waals surface area contributed by atoms with E-state index in [1.165, 1.54) is 0 Å². The molecule has 1 fully saturated rings. The van der Waals surface area contributed by atoms with Crippen LogP contribution in [0.3, 0.4) is 0 Å². The number of H-pyrrole nitrogens is 1. The molecule has 0 aromatic carbocycles. The number of amides is 1. The minimum absolute atomic E-state index is 0.0470. The van der Waals surface area contributed by atoms with Crippen LogP contribution in [0.25, 0.3) is 0 Å². The fourth-order valence-corrected chi connectivity index (χ4v) is 2.16. The highest BCUT2D eigenvalue weighted by Crippen LogP contribution is 2.37. The summed E-state index contributed by atoms with van der Waals surface area (Å²) in [5, 5.41) is 6.98. The predicted octanol–water partition coefficient (Wildman–Crippen LogP) is 2.72. The minimum atomic E-state index is -0.0470. The Morgan fingerprint density at radius 1 is 1.42 bits per heavy atom. The van der Waals surface area contributed by atoms with Gasteiger partial charge in [0, 0.05) is 18.5 Å². The van der Waals surface area contributed by atoms with Crippen molar-refractivity contribution in [1.29, 1.82) is 0 Å². The van der Waals surface area contributed by atoms with Gasteiger partial charge in [-0.1, -0.05) is 19.8 Å². The van der Waals surface area contributed by atoms with E-state index >= 15 is 0 Å². The first-order valence-corrected chi connectivity index (χ1v) is 7.36. The Balaban J connectivity index is 2.00. The molecule has 1 N–H and O–H groups in total. The van der Waals surface area contributed by atoms with E-state index in [-0.39, 0.29) is 11.9 Å². The second-order valence-corrected chi connectivity index (χ2v) is 5.62. The molecule has 106 valence electrons. The molecule has 1 aromatic heterocycles. The maximum atomic E-state index is 12.4. The van der Waals surface area contributed by atoms with Crippen molar-refractivity contribution < 1.29 is 4.79 Å². The van der Waals surface area contributed by atoms with E-state index in [0.29, 0.717) is 11.7 Å². The average Bonchev–Trinajstić information content (AvgIpc) is 3.11. The van der Waals surface area contributed by atoms with Crippen LogP contribution < -0.4 is 0 Å². The van der Waals surface area contributed by atoms with E-state index in [1.54, 1.807) is 0 Å². The molecule has 1 aliphatic carbocycles. The van der Waals surface area contributed by atoms with Gasteiger partial charge in [0.25, 0.3) is 5.91 Å². The number of hydrogen-bond acceptors (Lipinski definition) is 3. The third-order valence-electron chi connectivity index (χ3n) is 3.54. The Bertz CT molecular complexity index is 423. The molecule has 0 aliphatic heterocycles. The zero-order valence-corrected chi connectivity index (χ0v) is 12.1. The van der Waals surface area contributed by atoms with Crippen LogP contribution >= 0.6 is 0 Å². The van der Waals surface area contributed by atoms with Crippen molar-refractivity contribution >= 4 is 5.91 Å². The SMILES string of the molecule is CCCCCN(C(=O)c1n[nH]c(C2CC2)n1)C(C)C. The third-order valence-corrected chi connectivity index (χ3v) is 3.54. The molecule has 1 aromatic rings. The highest BCUT2D eigenvalue weighted by molar-refractivity contribution is 5.90. The first kappa shape index (κ1) is 14.0. The monoisotopic (exact) mass is 264 g/mol. The summed E-state index contributed by atoms with van der Waals surface area (Å²) in [5.74, 6) is 1.66. The molecule has 0 radical (unpaired) electrons. The maximum absolute atomic E-state index is 12.4. The first-order valence-electron chi connectivity index (χ1n) is 7.36. The van der Waals surface area contributed by atoms with Gasteiger partial charge in [-0.25, -0.2) is 4.98 Å². The second-order valence-electron chi connectivity index (χ2n) is 5.62. The van der Waals surface area contributed by atoms with E-state index in [0.717, 1.165) is 44.5 Å². The van der Waals surface area contributed by atoms with Gasteiger partial charge in [0.05, 0.1) is 0 Å². The topological polar surface area (TPSA) is 61.9 Å². The summed E-state index contributed by atoms with van der Waals surface area (Å²) in [6.45, 7) is 7.03. The van der Waals surface area contributed by atoms with E-state index < -0.39 is 0 Å². The summed E-state index contributed by atoms with van der Waals surface area (Å²) >= 11 is 0. The van der Waals surface area contributed by atoms with Crippen molar-refractivity contribution in [1.82, 2.24) is 20.1 Å². The minimum Gasteiger partial charge on any atom is -0.333 e. The van der Waals surface area contributed by atoms with Crippen molar-refractivity contribution in [2.45, 2.75) is 64.8 Å². The lowest BCUT2D eigenvalue weighted by atomic mass is 10.2. The lowest BCUT2D eigenvalue weighted by Crippen LogP contribution is -2.38. The highest BCUT2D eigenvalue weighted by Gasteiger charge is 2.29. The number of carbonyl (C=O) groups excluding carboxylic acids is 1. The summed E-state index contributed by atoms with van der Waals surface area (Å²) in [5.41, 5.74) is 0. The van der Waals surface area contributed by atoms with Crippen molar-refractivity contribution in [2.75, 3.05) is 6.54 Å². The van der Waals surface area contributed by atoms with Gasteiger partial charge in [-0.15, -0.1) is 5.10 Å². The Morgan fingerprint density at radius 3 is 2.74 bits per heavy atom. The smallest absolute Gasteiger partial charge is 0.293 e. The summed E-state index contributed by atoms with van der Waals surface area (Å²) in [7, 11) is 0. The van der Waals surface area contributed by atoms with Crippen LogP contribution in [-0.2, 0) is 0 Å². The normalized spacial score (nSPS) is 14.9. The average molecular weight is 264 g/mol. The summed E-state index contributed by atoms with van der Waals surface area (Å²) in [6, 6.07) is 0.187. The standard InChI is InChI=1S/C14H24N4O/c1-4-5-6-9-18(10(2)3)14(19)13-15-12(16-17-13)11-7-8-11/h10-11H,4-9H2,1-3H3,(H,15,16,17). The lowest BCUT2D eigenvalue weighted by Gasteiger charge is -2.25. The zero-order chi connectivity index (χ0) is 13.8. The fourth-order valence-electron chi connectivity index (χ4n) is 2.16. The van der Waals surface area contributed by atoms with E-state index in [9.17, 15) is 4.79 Å². The molecule has 1 heterocycles. The van der Waals surface area contributed by atoms with Gasteiger partial charge in [-0.2, -0.15) is 0 Å².